The highest BCUT2D eigenvalue weighted by Gasteiger charge is 2.53. The van der Waals surface area contributed by atoms with Gasteiger partial charge in [-0.05, 0) is 82.6 Å². The highest BCUT2D eigenvalue weighted by atomic mass is 35.5. The molecule has 3 fully saturated rings. The molecule has 0 saturated carbocycles. The van der Waals surface area contributed by atoms with Crippen molar-refractivity contribution < 1.29 is 19.4 Å². The Labute approximate surface area is 178 Å². The number of ether oxygens (including phenoxy) is 2. The highest BCUT2D eigenvalue weighted by molar-refractivity contribution is 6.30. The molecule has 1 N–H and O–H groups in total. The smallest absolute Gasteiger partial charge is 0.253 e. The molecule has 3 atom stereocenters. The average molecular weight is 422 g/mol. The van der Waals surface area contributed by atoms with Crippen LogP contribution in [0, 0.1) is 5.41 Å². The Morgan fingerprint density at radius 3 is 2.48 bits per heavy atom. The molecule has 0 aromatic heterocycles. The number of amides is 1. The average Bonchev–Trinajstić information content (AvgIpc) is 2.68. The number of rotatable bonds is 2. The third-order valence-corrected chi connectivity index (χ3v) is 7.48. The zero-order chi connectivity index (χ0) is 20.9. The maximum atomic E-state index is 12.8. The zero-order valence-electron chi connectivity index (χ0n) is 17.6. The summed E-state index contributed by atoms with van der Waals surface area (Å²) in [5, 5.41) is 11.1. The minimum Gasteiger partial charge on any atom is -0.388 e. The predicted molar refractivity (Wildman–Crippen MR) is 112 cm³/mol. The van der Waals surface area contributed by atoms with Crippen molar-refractivity contribution in [2.24, 2.45) is 5.41 Å². The molecule has 6 heteroatoms. The fraction of sp³-hybridized carbons (Fsp3) is 0.696. The van der Waals surface area contributed by atoms with Gasteiger partial charge in [0.25, 0.3) is 5.91 Å². The minimum absolute atomic E-state index is 0.0139. The second-order valence-corrected chi connectivity index (χ2v) is 10.3. The van der Waals surface area contributed by atoms with Crippen LogP contribution < -0.4 is 0 Å². The van der Waals surface area contributed by atoms with Gasteiger partial charge in [-0.2, -0.15) is 0 Å². The Hall–Kier alpha value is -1.14. The fourth-order valence-electron chi connectivity index (χ4n) is 5.02. The lowest BCUT2D eigenvalue weighted by atomic mass is 9.68. The summed E-state index contributed by atoms with van der Waals surface area (Å²) in [5.41, 5.74) is -0.395. The number of carbonyl (C=O) groups excluding carboxylic acids is 1. The molecular formula is C23H32ClNO4. The van der Waals surface area contributed by atoms with E-state index in [0.717, 1.165) is 51.8 Å². The van der Waals surface area contributed by atoms with Gasteiger partial charge < -0.3 is 19.5 Å². The first kappa shape index (κ1) is 21.1. The maximum absolute atomic E-state index is 12.8. The van der Waals surface area contributed by atoms with Gasteiger partial charge in [0.1, 0.15) is 0 Å². The maximum Gasteiger partial charge on any atom is 0.253 e. The number of halogens is 1. The van der Waals surface area contributed by atoms with Gasteiger partial charge in [0.15, 0.2) is 0 Å². The summed E-state index contributed by atoms with van der Waals surface area (Å²) in [4.78, 5) is 14.7. The van der Waals surface area contributed by atoms with E-state index in [1.54, 1.807) is 24.3 Å². The van der Waals surface area contributed by atoms with Crippen molar-refractivity contribution in [3.05, 3.63) is 34.9 Å². The standard InChI is InChI=1S/C23H32ClNO4/c1-21(2,27)18-8-9-22(3)19(29-18)14-23(15-28-22)10-12-25(13-11-23)20(26)16-4-6-17(24)7-5-16/h4-7,18-19,27H,8-15H2,1-3H3/t18-,19-,22+/m0/s1. The summed E-state index contributed by atoms with van der Waals surface area (Å²) in [5.74, 6) is 0.0640. The van der Waals surface area contributed by atoms with Crippen molar-refractivity contribution in [1.82, 2.24) is 4.90 Å². The Morgan fingerprint density at radius 2 is 1.86 bits per heavy atom. The number of likely N-dealkylation sites (tertiary alicyclic amines) is 1. The quantitative estimate of drug-likeness (QED) is 0.782. The second kappa shape index (κ2) is 7.52. The van der Waals surface area contributed by atoms with E-state index in [4.69, 9.17) is 21.1 Å². The molecule has 4 rings (SSSR count). The van der Waals surface area contributed by atoms with Crippen LogP contribution in [-0.4, -0.2) is 59.0 Å². The van der Waals surface area contributed by atoms with E-state index in [1.165, 1.54) is 0 Å². The van der Waals surface area contributed by atoms with Crippen molar-refractivity contribution in [3.8, 4) is 0 Å². The molecule has 1 amide bonds. The van der Waals surface area contributed by atoms with Crippen molar-refractivity contribution in [1.29, 1.82) is 0 Å². The van der Waals surface area contributed by atoms with Crippen LogP contribution in [-0.2, 0) is 9.47 Å². The van der Waals surface area contributed by atoms with E-state index in [-0.39, 0.29) is 29.1 Å². The Bertz CT molecular complexity index is 751. The van der Waals surface area contributed by atoms with Crippen LogP contribution in [0.15, 0.2) is 24.3 Å². The molecule has 160 valence electrons. The Morgan fingerprint density at radius 1 is 1.21 bits per heavy atom. The number of hydrogen-bond donors (Lipinski definition) is 1. The van der Waals surface area contributed by atoms with Crippen molar-refractivity contribution >= 4 is 17.5 Å². The van der Waals surface area contributed by atoms with Crippen LogP contribution >= 0.6 is 11.6 Å². The molecule has 1 spiro atoms. The number of piperidine rings is 1. The molecule has 0 radical (unpaired) electrons. The van der Waals surface area contributed by atoms with Gasteiger partial charge in [-0.15, -0.1) is 0 Å². The summed E-state index contributed by atoms with van der Waals surface area (Å²) in [6.45, 7) is 7.96. The summed E-state index contributed by atoms with van der Waals surface area (Å²) < 4.78 is 12.8. The van der Waals surface area contributed by atoms with E-state index in [0.29, 0.717) is 10.6 Å². The zero-order valence-corrected chi connectivity index (χ0v) is 18.4. The van der Waals surface area contributed by atoms with E-state index in [1.807, 2.05) is 18.7 Å². The van der Waals surface area contributed by atoms with E-state index >= 15 is 0 Å². The first-order valence-electron chi connectivity index (χ1n) is 10.7. The number of aliphatic hydroxyl groups is 1. The molecule has 0 unspecified atom stereocenters. The lowest BCUT2D eigenvalue weighted by Crippen LogP contribution is -2.61. The van der Waals surface area contributed by atoms with Crippen LogP contribution in [0.3, 0.4) is 0 Å². The van der Waals surface area contributed by atoms with Gasteiger partial charge >= 0.3 is 0 Å². The first-order chi connectivity index (χ1) is 13.6. The minimum atomic E-state index is -0.847. The van der Waals surface area contributed by atoms with Crippen LogP contribution in [0.4, 0.5) is 0 Å². The Balaban J connectivity index is 1.41. The van der Waals surface area contributed by atoms with E-state index in [2.05, 4.69) is 6.92 Å². The van der Waals surface area contributed by atoms with Crippen LogP contribution in [0.25, 0.3) is 0 Å². The van der Waals surface area contributed by atoms with Crippen molar-refractivity contribution in [3.63, 3.8) is 0 Å². The van der Waals surface area contributed by atoms with Crippen molar-refractivity contribution in [2.75, 3.05) is 19.7 Å². The molecule has 1 aromatic rings. The van der Waals surface area contributed by atoms with E-state index in [9.17, 15) is 9.90 Å². The lowest BCUT2D eigenvalue weighted by Gasteiger charge is -2.56. The topological polar surface area (TPSA) is 59.0 Å². The number of hydrogen-bond acceptors (Lipinski definition) is 4. The molecule has 3 saturated heterocycles. The number of fused-ring (bicyclic) bond motifs is 1. The molecule has 5 nitrogen and oxygen atoms in total. The largest absolute Gasteiger partial charge is 0.388 e. The van der Waals surface area contributed by atoms with Gasteiger partial charge in [0, 0.05) is 23.7 Å². The highest BCUT2D eigenvalue weighted by Crippen LogP contribution is 2.49. The third kappa shape index (κ3) is 4.20. The summed E-state index contributed by atoms with van der Waals surface area (Å²) in [7, 11) is 0. The lowest BCUT2D eigenvalue weighted by molar-refractivity contribution is -0.271. The summed E-state index contributed by atoms with van der Waals surface area (Å²) in [6, 6.07) is 7.10. The Kier molecular flexibility index (Phi) is 5.48. The molecule has 0 aliphatic carbocycles. The number of benzene rings is 1. The van der Waals surface area contributed by atoms with E-state index < -0.39 is 5.60 Å². The van der Waals surface area contributed by atoms with Crippen LogP contribution in [0.5, 0.6) is 0 Å². The molecular weight excluding hydrogens is 390 g/mol. The molecule has 29 heavy (non-hydrogen) atoms. The number of carbonyl (C=O) groups is 1. The molecule has 3 aliphatic heterocycles. The normalized spacial score (nSPS) is 32.1. The molecule has 3 heterocycles. The third-order valence-electron chi connectivity index (χ3n) is 7.23. The SMILES string of the molecule is CC(C)(O)[C@@H]1CC[C@@]2(C)OCC3(CCN(C(=O)c4ccc(Cl)cc4)CC3)C[C@@H]2O1. The van der Waals surface area contributed by atoms with Crippen LogP contribution in [0.1, 0.15) is 63.2 Å². The predicted octanol–water partition coefficient (Wildman–Crippen LogP) is 4.06. The van der Waals surface area contributed by atoms with Gasteiger partial charge in [-0.1, -0.05) is 11.6 Å². The monoisotopic (exact) mass is 421 g/mol. The molecule has 1 aromatic carbocycles. The van der Waals surface area contributed by atoms with Gasteiger partial charge in [-0.3, -0.25) is 4.79 Å². The molecule has 3 aliphatic rings. The van der Waals surface area contributed by atoms with Crippen LogP contribution in [0.2, 0.25) is 5.02 Å². The van der Waals surface area contributed by atoms with Gasteiger partial charge in [0.05, 0.1) is 30.0 Å². The molecule has 0 bridgehead atoms. The number of nitrogens with zero attached hydrogens (tertiary/aromatic N) is 1. The second-order valence-electron chi connectivity index (χ2n) is 9.91. The van der Waals surface area contributed by atoms with Crippen molar-refractivity contribution in [2.45, 2.75) is 76.3 Å². The van der Waals surface area contributed by atoms with Gasteiger partial charge in [0.2, 0.25) is 0 Å². The fourth-order valence-corrected chi connectivity index (χ4v) is 5.14. The summed E-state index contributed by atoms with van der Waals surface area (Å²) in [6.07, 6.45) is 4.30. The van der Waals surface area contributed by atoms with Gasteiger partial charge in [-0.25, -0.2) is 0 Å². The first-order valence-corrected chi connectivity index (χ1v) is 11.0. The summed E-state index contributed by atoms with van der Waals surface area (Å²) >= 11 is 5.94.